The highest BCUT2D eigenvalue weighted by atomic mass is 35.5. The Morgan fingerprint density at radius 3 is 2.87 bits per heavy atom. The average molecular weight is 458 g/mol. The van der Waals surface area contributed by atoms with Crippen molar-refractivity contribution in [3.63, 3.8) is 0 Å². The Morgan fingerprint density at radius 1 is 1.23 bits per heavy atom. The van der Waals surface area contributed by atoms with Gasteiger partial charge < -0.3 is 14.4 Å². The van der Waals surface area contributed by atoms with Crippen molar-refractivity contribution in [2.45, 2.75) is 24.0 Å². The molecular formula is C23H24ClN3O3S. The third kappa shape index (κ3) is 4.67. The molecule has 0 radical (unpaired) electrons. The molecule has 31 heavy (non-hydrogen) atoms. The molecule has 1 aromatic heterocycles. The number of aromatic nitrogens is 2. The van der Waals surface area contributed by atoms with E-state index >= 15 is 0 Å². The molecule has 0 spiro atoms. The molecule has 2 aromatic carbocycles. The molecule has 0 bridgehead atoms. The molecule has 2 heterocycles. The maximum Gasteiger partial charge on any atom is 0.233 e. The summed E-state index contributed by atoms with van der Waals surface area (Å²) in [5.41, 5.74) is 1.90. The molecule has 0 saturated carbocycles. The summed E-state index contributed by atoms with van der Waals surface area (Å²) in [7, 11) is 3.29. The van der Waals surface area contributed by atoms with E-state index in [0.29, 0.717) is 10.8 Å². The summed E-state index contributed by atoms with van der Waals surface area (Å²) in [6, 6.07) is 13.3. The number of nitrogens with zero attached hydrogens (tertiary/aromatic N) is 3. The van der Waals surface area contributed by atoms with Crippen LogP contribution < -0.4 is 9.47 Å². The summed E-state index contributed by atoms with van der Waals surface area (Å²) in [6.45, 7) is 0.729. The average Bonchev–Trinajstić information content (AvgIpc) is 3.46. The Labute approximate surface area is 191 Å². The van der Waals surface area contributed by atoms with Gasteiger partial charge in [0, 0.05) is 35.2 Å². The van der Waals surface area contributed by atoms with Crippen LogP contribution >= 0.6 is 23.4 Å². The quantitative estimate of drug-likeness (QED) is 0.467. The van der Waals surface area contributed by atoms with Crippen molar-refractivity contribution in [3.05, 3.63) is 65.4 Å². The number of carbonyl (C=O) groups is 1. The maximum absolute atomic E-state index is 13.2. The van der Waals surface area contributed by atoms with Gasteiger partial charge in [-0.3, -0.25) is 9.36 Å². The van der Waals surface area contributed by atoms with Gasteiger partial charge in [-0.15, -0.1) is 0 Å². The SMILES string of the molecule is COc1ccc(OC)c(C2CCCN2C(=O)CSc2nccn2-c2cccc(Cl)c2)c1. The van der Waals surface area contributed by atoms with Crippen molar-refractivity contribution in [1.29, 1.82) is 0 Å². The minimum Gasteiger partial charge on any atom is -0.497 e. The molecule has 1 amide bonds. The van der Waals surface area contributed by atoms with Gasteiger partial charge in [0.1, 0.15) is 11.5 Å². The highest BCUT2D eigenvalue weighted by Crippen LogP contribution is 2.39. The van der Waals surface area contributed by atoms with Crippen LogP contribution in [-0.2, 0) is 4.79 Å². The fourth-order valence-electron chi connectivity index (χ4n) is 3.92. The third-order valence-electron chi connectivity index (χ3n) is 5.39. The lowest BCUT2D eigenvalue weighted by Crippen LogP contribution is -2.32. The van der Waals surface area contributed by atoms with Gasteiger partial charge in [-0.05, 0) is 49.2 Å². The normalized spacial score (nSPS) is 15.8. The Hall–Kier alpha value is -2.64. The van der Waals surface area contributed by atoms with Gasteiger partial charge >= 0.3 is 0 Å². The van der Waals surface area contributed by atoms with Crippen LogP contribution in [0.25, 0.3) is 5.69 Å². The number of hydrogen-bond acceptors (Lipinski definition) is 5. The minimum absolute atomic E-state index is 0.0224. The van der Waals surface area contributed by atoms with Crippen LogP contribution in [0.1, 0.15) is 24.4 Å². The second-order valence-electron chi connectivity index (χ2n) is 7.20. The summed E-state index contributed by atoms with van der Waals surface area (Å²) in [5.74, 6) is 1.92. The summed E-state index contributed by atoms with van der Waals surface area (Å²) in [5, 5.41) is 1.41. The second-order valence-corrected chi connectivity index (χ2v) is 8.58. The van der Waals surface area contributed by atoms with Crippen LogP contribution in [0.4, 0.5) is 0 Å². The number of imidazole rings is 1. The molecule has 1 aliphatic rings. The van der Waals surface area contributed by atoms with E-state index in [0.717, 1.165) is 47.3 Å². The second kappa shape index (κ2) is 9.66. The van der Waals surface area contributed by atoms with Crippen LogP contribution in [0.2, 0.25) is 5.02 Å². The standard InChI is InChI=1S/C23H24ClN3O3S/c1-29-18-8-9-21(30-2)19(14-18)20-7-4-11-27(20)22(28)15-31-23-25-10-12-26(23)17-6-3-5-16(24)13-17/h3,5-6,8-10,12-14,20H,4,7,11,15H2,1-2H3. The van der Waals surface area contributed by atoms with Crippen LogP contribution in [-0.4, -0.2) is 46.9 Å². The van der Waals surface area contributed by atoms with E-state index in [1.165, 1.54) is 11.8 Å². The van der Waals surface area contributed by atoms with Crippen molar-refractivity contribution in [2.75, 3.05) is 26.5 Å². The van der Waals surface area contributed by atoms with Crippen molar-refractivity contribution in [2.24, 2.45) is 0 Å². The molecule has 0 aliphatic carbocycles. The first-order valence-corrected chi connectivity index (χ1v) is 11.4. The molecule has 1 aliphatic heterocycles. The van der Waals surface area contributed by atoms with Crippen LogP contribution in [0.3, 0.4) is 0 Å². The number of rotatable bonds is 7. The van der Waals surface area contributed by atoms with Gasteiger partial charge in [-0.25, -0.2) is 4.98 Å². The number of likely N-dealkylation sites (tertiary alicyclic amines) is 1. The number of amides is 1. The Balaban J connectivity index is 1.49. The number of methoxy groups -OCH3 is 2. The number of ether oxygens (including phenoxy) is 2. The highest BCUT2D eigenvalue weighted by molar-refractivity contribution is 7.99. The van der Waals surface area contributed by atoms with Crippen LogP contribution in [0.15, 0.2) is 60.0 Å². The summed E-state index contributed by atoms with van der Waals surface area (Å²) < 4.78 is 12.9. The molecular weight excluding hydrogens is 434 g/mol. The topological polar surface area (TPSA) is 56.6 Å². The Morgan fingerprint density at radius 2 is 2.10 bits per heavy atom. The van der Waals surface area contributed by atoms with Gasteiger partial charge in [0.15, 0.2) is 5.16 Å². The van der Waals surface area contributed by atoms with E-state index in [2.05, 4.69) is 4.98 Å². The fourth-order valence-corrected chi connectivity index (χ4v) is 4.96. The summed E-state index contributed by atoms with van der Waals surface area (Å²) >= 11 is 7.55. The minimum atomic E-state index is -0.0224. The monoisotopic (exact) mass is 457 g/mol. The molecule has 4 rings (SSSR count). The first kappa shape index (κ1) is 21.6. The van der Waals surface area contributed by atoms with Gasteiger partial charge in [-0.1, -0.05) is 29.4 Å². The summed E-state index contributed by atoms with van der Waals surface area (Å²) in [6.07, 6.45) is 5.46. The molecule has 6 nitrogen and oxygen atoms in total. The van der Waals surface area contributed by atoms with Crippen molar-refractivity contribution >= 4 is 29.3 Å². The predicted molar refractivity (Wildman–Crippen MR) is 123 cm³/mol. The first-order chi connectivity index (χ1) is 15.1. The Kier molecular flexibility index (Phi) is 6.73. The lowest BCUT2D eigenvalue weighted by molar-refractivity contribution is -0.129. The number of hydrogen-bond donors (Lipinski definition) is 0. The molecule has 1 unspecified atom stereocenters. The van der Waals surface area contributed by atoms with Crippen molar-refractivity contribution < 1.29 is 14.3 Å². The maximum atomic E-state index is 13.2. The number of halogens is 1. The smallest absolute Gasteiger partial charge is 0.233 e. The zero-order valence-corrected chi connectivity index (χ0v) is 19.0. The van der Waals surface area contributed by atoms with Crippen LogP contribution in [0, 0.1) is 0 Å². The number of carbonyl (C=O) groups excluding carboxylic acids is 1. The molecule has 1 atom stereocenters. The van der Waals surface area contributed by atoms with E-state index in [4.69, 9.17) is 21.1 Å². The molecule has 162 valence electrons. The van der Waals surface area contributed by atoms with Gasteiger partial charge in [0.05, 0.1) is 26.0 Å². The zero-order valence-electron chi connectivity index (χ0n) is 17.5. The van der Waals surface area contributed by atoms with Crippen molar-refractivity contribution in [3.8, 4) is 17.2 Å². The molecule has 0 N–H and O–H groups in total. The molecule has 1 saturated heterocycles. The Bertz CT molecular complexity index is 1070. The highest BCUT2D eigenvalue weighted by Gasteiger charge is 2.32. The molecule has 1 fully saturated rings. The van der Waals surface area contributed by atoms with Crippen LogP contribution in [0.5, 0.6) is 11.5 Å². The zero-order chi connectivity index (χ0) is 21.8. The lowest BCUT2D eigenvalue weighted by atomic mass is 10.0. The van der Waals surface area contributed by atoms with Gasteiger partial charge in [-0.2, -0.15) is 0 Å². The van der Waals surface area contributed by atoms with Gasteiger partial charge in [0.2, 0.25) is 5.91 Å². The van der Waals surface area contributed by atoms with Crippen molar-refractivity contribution in [1.82, 2.24) is 14.5 Å². The van der Waals surface area contributed by atoms with E-state index in [1.54, 1.807) is 20.4 Å². The fraction of sp³-hybridized carbons (Fsp3) is 0.304. The third-order valence-corrected chi connectivity index (χ3v) is 6.57. The largest absolute Gasteiger partial charge is 0.497 e. The lowest BCUT2D eigenvalue weighted by Gasteiger charge is -2.26. The van der Waals surface area contributed by atoms with E-state index in [9.17, 15) is 4.79 Å². The van der Waals surface area contributed by atoms with E-state index in [1.807, 2.05) is 58.1 Å². The predicted octanol–water partition coefficient (Wildman–Crippen LogP) is 5.00. The van der Waals surface area contributed by atoms with Gasteiger partial charge in [0.25, 0.3) is 0 Å². The number of benzene rings is 2. The molecule has 3 aromatic rings. The summed E-state index contributed by atoms with van der Waals surface area (Å²) in [4.78, 5) is 19.5. The molecule has 8 heteroatoms. The number of thioether (sulfide) groups is 1. The van der Waals surface area contributed by atoms with E-state index in [-0.39, 0.29) is 11.9 Å². The first-order valence-electron chi connectivity index (χ1n) is 10.0. The van der Waals surface area contributed by atoms with E-state index < -0.39 is 0 Å².